The Morgan fingerprint density at radius 3 is 2.74 bits per heavy atom. The van der Waals surface area contributed by atoms with Crippen molar-refractivity contribution in [3.63, 3.8) is 0 Å². The van der Waals surface area contributed by atoms with Crippen molar-refractivity contribution < 1.29 is 4.74 Å². The van der Waals surface area contributed by atoms with E-state index in [2.05, 4.69) is 26.7 Å². The predicted octanol–water partition coefficient (Wildman–Crippen LogP) is 2.49. The molecular weight excluding hydrogens is 260 g/mol. The van der Waals surface area contributed by atoms with Gasteiger partial charge in [-0.25, -0.2) is 0 Å². The summed E-state index contributed by atoms with van der Waals surface area (Å²) >= 11 is 1.68. The van der Waals surface area contributed by atoms with Crippen LogP contribution in [0.2, 0.25) is 0 Å². The number of hydrogen-bond donors (Lipinski definition) is 0. The molecule has 0 aliphatic rings. The van der Waals surface area contributed by atoms with Gasteiger partial charge in [-0.3, -0.25) is 4.98 Å². The molecule has 0 aromatic carbocycles. The van der Waals surface area contributed by atoms with Crippen molar-refractivity contribution >= 4 is 11.8 Å². The van der Waals surface area contributed by atoms with Crippen molar-refractivity contribution in [2.45, 2.75) is 25.0 Å². The van der Waals surface area contributed by atoms with Crippen molar-refractivity contribution in [1.29, 1.82) is 0 Å². The van der Waals surface area contributed by atoms with Crippen LogP contribution < -0.4 is 0 Å². The van der Waals surface area contributed by atoms with Crippen LogP contribution in [0.15, 0.2) is 29.7 Å². The van der Waals surface area contributed by atoms with Crippen LogP contribution in [-0.4, -0.2) is 39.2 Å². The first-order valence-corrected chi connectivity index (χ1v) is 7.30. The highest BCUT2D eigenvalue weighted by Gasteiger charge is 2.13. The van der Waals surface area contributed by atoms with Crippen molar-refractivity contribution in [2.75, 3.05) is 19.5 Å². The first-order chi connectivity index (χ1) is 9.36. The Morgan fingerprint density at radius 2 is 2.05 bits per heavy atom. The van der Waals surface area contributed by atoms with E-state index >= 15 is 0 Å². The molecule has 19 heavy (non-hydrogen) atoms. The first kappa shape index (κ1) is 14.0. The number of aromatic nitrogens is 4. The molecule has 0 radical (unpaired) electrons. The Labute approximate surface area is 117 Å². The lowest BCUT2D eigenvalue weighted by molar-refractivity contribution is 0.218. The second-order valence-electron chi connectivity index (χ2n) is 4.03. The molecule has 0 saturated heterocycles. The van der Waals surface area contributed by atoms with E-state index in [0.29, 0.717) is 6.61 Å². The highest BCUT2D eigenvalue weighted by atomic mass is 32.2. The number of nitrogens with zero attached hydrogens (tertiary/aromatic N) is 4. The largest absolute Gasteiger partial charge is 0.384 e. The molecular formula is C13H18N4OS. The van der Waals surface area contributed by atoms with Crippen LogP contribution in [0.3, 0.4) is 0 Å². The number of methoxy groups -OCH3 is 1. The minimum atomic E-state index is 0.717. The average molecular weight is 278 g/mol. The summed E-state index contributed by atoms with van der Waals surface area (Å²) in [5, 5.41) is 9.54. The van der Waals surface area contributed by atoms with E-state index in [1.54, 1.807) is 31.3 Å². The number of ether oxygens (including phenoxy) is 1. The SMILES string of the molecule is CCCn1c(SCCOC)nnc1-c1ccncc1. The van der Waals surface area contributed by atoms with E-state index in [1.165, 1.54) is 0 Å². The van der Waals surface area contributed by atoms with Gasteiger partial charge < -0.3 is 9.30 Å². The van der Waals surface area contributed by atoms with Crippen molar-refractivity contribution in [1.82, 2.24) is 19.7 Å². The molecule has 0 aliphatic heterocycles. The van der Waals surface area contributed by atoms with Gasteiger partial charge in [0.1, 0.15) is 0 Å². The zero-order chi connectivity index (χ0) is 13.5. The van der Waals surface area contributed by atoms with E-state index in [0.717, 1.165) is 35.3 Å². The van der Waals surface area contributed by atoms with E-state index in [9.17, 15) is 0 Å². The summed E-state index contributed by atoms with van der Waals surface area (Å²) in [5.41, 5.74) is 1.05. The van der Waals surface area contributed by atoms with E-state index in [1.807, 2.05) is 12.1 Å². The highest BCUT2D eigenvalue weighted by molar-refractivity contribution is 7.99. The van der Waals surface area contributed by atoms with Gasteiger partial charge in [0, 0.05) is 37.4 Å². The second-order valence-corrected chi connectivity index (χ2v) is 5.10. The molecule has 0 bridgehead atoms. The minimum absolute atomic E-state index is 0.717. The average Bonchev–Trinajstić information content (AvgIpc) is 2.84. The zero-order valence-electron chi connectivity index (χ0n) is 11.2. The Morgan fingerprint density at radius 1 is 1.26 bits per heavy atom. The van der Waals surface area contributed by atoms with Gasteiger partial charge in [0.05, 0.1) is 6.61 Å². The molecule has 2 aromatic rings. The molecule has 0 N–H and O–H groups in total. The van der Waals surface area contributed by atoms with E-state index < -0.39 is 0 Å². The maximum atomic E-state index is 5.07. The van der Waals surface area contributed by atoms with E-state index in [-0.39, 0.29) is 0 Å². The van der Waals surface area contributed by atoms with Gasteiger partial charge in [0.25, 0.3) is 0 Å². The fourth-order valence-corrected chi connectivity index (χ4v) is 2.62. The molecule has 2 heterocycles. The van der Waals surface area contributed by atoms with Crippen LogP contribution in [0.1, 0.15) is 13.3 Å². The maximum absolute atomic E-state index is 5.07. The fraction of sp³-hybridized carbons (Fsp3) is 0.462. The summed E-state index contributed by atoms with van der Waals surface area (Å²) in [4.78, 5) is 4.03. The van der Waals surface area contributed by atoms with Gasteiger partial charge in [0.15, 0.2) is 11.0 Å². The third kappa shape index (κ3) is 3.54. The topological polar surface area (TPSA) is 52.8 Å². The molecule has 2 aromatic heterocycles. The Balaban J connectivity index is 2.24. The molecule has 0 amide bonds. The Hall–Kier alpha value is -1.40. The molecule has 102 valence electrons. The standard InChI is InChI=1S/C13H18N4OS/c1-3-8-17-12(11-4-6-14-7-5-11)15-16-13(17)19-10-9-18-2/h4-7H,3,8-10H2,1-2H3. The van der Waals surface area contributed by atoms with Crippen molar-refractivity contribution in [2.24, 2.45) is 0 Å². The van der Waals surface area contributed by atoms with Crippen LogP contribution >= 0.6 is 11.8 Å². The molecule has 6 heteroatoms. The van der Waals surface area contributed by atoms with E-state index in [4.69, 9.17) is 4.74 Å². The van der Waals surface area contributed by atoms with Crippen LogP contribution in [0.5, 0.6) is 0 Å². The lowest BCUT2D eigenvalue weighted by Gasteiger charge is -2.08. The normalized spacial score (nSPS) is 10.8. The van der Waals surface area contributed by atoms with Gasteiger partial charge in [-0.15, -0.1) is 10.2 Å². The Bertz CT molecular complexity index is 501. The summed E-state index contributed by atoms with van der Waals surface area (Å²) in [7, 11) is 1.71. The zero-order valence-corrected chi connectivity index (χ0v) is 12.1. The second kappa shape index (κ2) is 7.25. The number of rotatable bonds is 7. The van der Waals surface area contributed by atoms with Crippen LogP contribution in [0.25, 0.3) is 11.4 Å². The van der Waals surface area contributed by atoms with Gasteiger partial charge in [-0.05, 0) is 18.6 Å². The van der Waals surface area contributed by atoms with Crippen LogP contribution in [0, 0.1) is 0 Å². The quantitative estimate of drug-likeness (QED) is 0.575. The lowest BCUT2D eigenvalue weighted by Crippen LogP contribution is -2.03. The molecule has 0 atom stereocenters. The highest BCUT2D eigenvalue weighted by Crippen LogP contribution is 2.23. The maximum Gasteiger partial charge on any atom is 0.191 e. The summed E-state index contributed by atoms with van der Waals surface area (Å²) in [6.07, 6.45) is 4.60. The van der Waals surface area contributed by atoms with Gasteiger partial charge in [0.2, 0.25) is 0 Å². The minimum Gasteiger partial charge on any atom is -0.384 e. The molecule has 0 fully saturated rings. The third-order valence-corrected chi connectivity index (χ3v) is 3.55. The van der Waals surface area contributed by atoms with Crippen LogP contribution in [-0.2, 0) is 11.3 Å². The molecule has 5 nitrogen and oxygen atoms in total. The predicted molar refractivity (Wildman–Crippen MR) is 76.1 cm³/mol. The smallest absolute Gasteiger partial charge is 0.191 e. The third-order valence-electron chi connectivity index (χ3n) is 2.62. The number of pyridine rings is 1. The van der Waals surface area contributed by atoms with Gasteiger partial charge in [-0.2, -0.15) is 0 Å². The first-order valence-electron chi connectivity index (χ1n) is 6.32. The van der Waals surface area contributed by atoms with Crippen LogP contribution in [0.4, 0.5) is 0 Å². The summed E-state index contributed by atoms with van der Waals surface area (Å²) < 4.78 is 7.23. The number of hydrogen-bond acceptors (Lipinski definition) is 5. The lowest BCUT2D eigenvalue weighted by atomic mass is 10.2. The monoisotopic (exact) mass is 278 g/mol. The molecule has 0 unspecified atom stereocenters. The Kier molecular flexibility index (Phi) is 5.35. The van der Waals surface area contributed by atoms with Crippen molar-refractivity contribution in [3.8, 4) is 11.4 Å². The summed E-state index contributed by atoms with van der Waals surface area (Å²) in [6.45, 7) is 3.79. The molecule has 2 rings (SSSR count). The molecule has 0 spiro atoms. The summed E-state index contributed by atoms with van der Waals surface area (Å²) in [6, 6.07) is 3.92. The van der Waals surface area contributed by atoms with Crippen molar-refractivity contribution in [3.05, 3.63) is 24.5 Å². The fourth-order valence-electron chi connectivity index (χ4n) is 1.75. The summed E-state index contributed by atoms with van der Waals surface area (Å²) in [5.74, 6) is 1.79. The van der Waals surface area contributed by atoms with Gasteiger partial charge >= 0.3 is 0 Å². The number of thioether (sulfide) groups is 1. The van der Waals surface area contributed by atoms with Gasteiger partial charge in [-0.1, -0.05) is 18.7 Å². The molecule has 0 saturated carbocycles. The molecule has 0 aliphatic carbocycles.